The third kappa shape index (κ3) is 4.70. The Kier molecular flexibility index (Phi) is 6.83. The maximum Gasteiger partial charge on any atom is 0.154 e. The van der Waals surface area contributed by atoms with Crippen LogP contribution in [0.3, 0.4) is 0 Å². The lowest BCUT2D eigenvalue weighted by Gasteiger charge is -2.11. The maximum atomic E-state index is 5.48. The summed E-state index contributed by atoms with van der Waals surface area (Å²) in [6.45, 7) is 8.54. The molecule has 0 unspecified atom stereocenters. The average molecular weight is 251 g/mol. The fraction of sp³-hybridized carbons (Fsp3) is 0.714. The van der Waals surface area contributed by atoms with Crippen molar-refractivity contribution in [1.29, 1.82) is 0 Å². The molecule has 0 aliphatic carbocycles. The summed E-state index contributed by atoms with van der Waals surface area (Å²) in [7, 11) is 1.98. The third-order valence-corrected chi connectivity index (χ3v) is 2.90. The van der Waals surface area contributed by atoms with Gasteiger partial charge in [-0.15, -0.1) is 0 Å². The van der Waals surface area contributed by atoms with Crippen LogP contribution in [0.25, 0.3) is 0 Å². The normalized spacial score (nSPS) is 10.9. The molecule has 0 spiro atoms. The quantitative estimate of drug-likeness (QED) is 0.719. The second-order valence-corrected chi connectivity index (χ2v) is 4.55. The average Bonchev–Trinajstić information content (AvgIpc) is 2.33. The van der Waals surface area contributed by atoms with Gasteiger partial charge in [-0.1, -0.05) is 6.92 Å². The number of aromatic nitrogens is 2. The van der Waals surface area contributed by atoms with Crippen LogP contribution in [0.1, 0.15) is 42.5 Å². The van der Waals surface area contributed by atoms with Crippen LogP contribution in [0.4, 0.5) is 0 Å². The Balaban J connectivity index is 2.65. The Labute approximate surface area is 110 Å². The first-order valence-electron chi connectivity index (χ1n) is 6.74. The van der Waals surface area contributed by atoms with Crippen molar-refractivity contribution in [1.82, 2.24) is 15.3 Å². The number of nitrogens with one attached hydrogen (secondary N) is 1. The molecule has 1 aromatic heterocycles. The van der Waals surface area contributed by atoms with Crippen molar-refractivity contribution in [2.24, 2.45) is 0 Å². The van der Waals surface area contributed by atoms with Crippen molar-refractivity contribution in [3.05, 3.63) is 22.8 Å². The zero-order valence-electron chi connectivity index (χ0n) is 12.0. The second-order valence-electron chi connectivity index (χ2n) is 4.55. The summed E-state index contributed by atoms with van der Waals surface area (Å²) in [5.41, 5.74) is 3.46. The van der Waals surface area contributed by atoms with Crippen LogP contribution < -0.4 is 5.32 Å². The van der Waals surface area contributed by atoms with E-state index in [0.29, 0.717) is 6.61 Å². The molecular weight excluding hydrogens is 226 g/mol. The minimum Gasteiger partial charge on any atom is -0.373 e. The van der Waals surface area contributed by atoms with Gasteiger partial charge in [0.1, 0.15) is 6.61 Å². The number of ether oxygens (including phenoxy) is 1. The van der Waals surface area contributed by atoms with Crippen LogP contribution in [-0.2, 0) is 17.8 Å². The van der Waals surface area contributed by atoms with Crippen molar-refractivity contribution in [2.45, 2.75) is 46.6 Å². The molecule has 0 saturated carbocycles. The van der Waals surface area contributed by atoms with Crippen LogP contribution in [0, 0.1) is 13.8 Å². The van der Waals surface area contributed by atoms with E-state index < -0.39 is 0 Å². The highest BCUT2D eigenvalue weighted by atomic mass is 16.5. The number of nitrogens with zero attached hydrogens (tertiary/aromatic N) is 2. The smallest absolute Gasteiger partial charge is 0.154 e. The van der Waals surface area contributed by atoms with E-state index in [4.69, 9.17) is 4.74 Å². The van der Waals surface area contributed by atoms with Gasteiger partial charge >= 0.3 is 0 Å². The van der Waals surface area contributed by atoms with Crippen molar-refractivity contribution < 1.29 is 4.74 Å². The maximum absolute atomic E-state index is 5.48. The Hall–Kier alpha value is -1.00. The molecule has 1 N–H and O–H groups in total. The van der Waals surface area contributed by atoms with E-state index in [0.717, 1.165) is 49.6 Å². The Morgan fingerprint density at radius 1 is 1.17 bits per heavy atom. The lowest BCUT2D eigenvalue weighted by Crippen LogP contribution is -2.11. The summed E-state index contributed by atoms with van der Waals surface area (Å²) in [5.74, 6) is 0.802. The van der Waals surface area contributed by atoms with Crippen LogP contribution >= 0.6 is 0 Å². The highest BCUT2D eigenvalue weighted by Gasteiger charge is 2.08. The first kappa shape index (κ1) is 15.1. The summed E-state index contributed by atoms with van der Waals surface area (Å²) < 4.78 is 5.48. The van der Waals surface area contributed by atoms with Gasteiger partial charge in [-0.25, -0.2) is 9.97 Å². The third-order valence-electron chi connectivity index (χ3n) is 2.90. The van der Waals surface area contributed by atoms with Crippen molar-refractivity contribution >= 4 is 0 Å². The summed E-state index contributed by atoms with van der Waals surface area (Å²) in [6, 6.07) is 0. The molecule has 0 aromatic carbocycles. The summed E-state index contributed by atoms with van der Waals surface area (Å²) >= 11 is 0. The fourth-order valence-corrected chi connectivity index (χ4v) is 1.99. The standard InChI is InChI=1S/C14H25N3O/c1-5-9-18-10-14-16-11(2)13(12(3)17-14)7-6-8-15-4/h15H,5-10H2,1-4H3. The van der Waals surface area contributed by atoms with E-state index in [2.05, 4.69) is 36.1 Å². The lowest BCUT2D eigenvalue weighted by atomic mass is 10.1. The van der Waals surface area contributed by atoms with E-state index in [-0.39, 0.29) is 0 Å². The molecule has 18 heavy (non-hydrogen) atoms. The van der Waals surface area contributed by atoms with Crippen LogP contribution in [-0.4, -0.2) is 30.2 Å². The van der Waals surface area contributed by atoms with Gasteiger partial charge in [0.15, 0.2) is 5.82 Å². The minimum absolute atomic E-state index is 0.520. The molecule has 1 heterocycles. The van der Waals surface area contributed by atoms with E-state index in [1.807, 2.05) is 7.05 Å². The Morgan fingerprint density at radius 3 is 2.39 bits per heavy atom. The van der Waals surface area contributed by atoms with E-state index in [9.17, 15) is 0 Å². The zero-order chi connectivity index (χ0) is 13.4. The second kappa shape index (κ2) is 8.16. The van der Waals surface area contributed by atoms with Gasteiger partial charge in [-0.3, -0.25) is 0 Å². The van der Waals surface area contributed by atoms with Crippen molar-refractivity contribution in [3.8, 4) is 0 Å². The predicted octanol–water partition coefficient (Wildman–Crippen LogP) is 2.17. The van der Waals surface area contributed by atoms with Gasteiger partial charge < -0.3 is 10.1 Å². The highest BCUT2D eigenvalue weighted by molar-refractivity contribution is 5.24. The summed E-state index contributed by atoms with van der Waals surface area (Å²) in [4.78, 5) is 9.06. The van der Waals surface area contributed by atoms with Crippen molar-refractivity contribution in [2.75, 3.05) is 20.2 Å². The van der Waals surface area contributed by atoms with Gasteiger partial charge in [0.2, 0.25) is 0 Å². The lowest BCUT2D eigenvalue weighted by molar-refractivity contribution is 0.116. The van der Waals surface area contributed by atoms with E-state index in [1.165, 1.54) is 5.56 Å². The molecule has 0 amide bonds. The van der Waals surface area contributed by atoms with Crippen molar-refractivity contribution in [3.63, 3.8) is 0 Å². The monoisotopic (exact) mass is 251 g/mol. The van der Waals surface area contributed by atoms with Gasteiger partial charge in [-0.05, 0) is 52.3 Å². The molecule has 1 rings (SSSR count). The zero-order valence-corrected chi connectivity index (χ0v) is 12.0. The molecule has 4 nitrogen and oxygen atoms in total. The van der Waals surface area contributed by atoms with Gasteiger partial charge in [0, 0.05) is 18.0 Å². The molecule has 1 aromatic rings. The summed E-state index contributed by atoms with van der Waals surface area (Å²) in [6.07, 6.45) is 3.18. The molecule has 0 atom stereocenters. The first-order valence-corrected chi connectivity index (χ1v) is 6.74. The van der Waals surface area contributed by atoms with E-state index >= 15 is 0 Å². The van der Waals surface area contributed by atoms with Crippen LogP contribution in [0.2, 0.25) is 0 Å². The van der Waals surface area contributed by atoms with Gasteiger partial charge in [-0.2, -0.15) is 0 Å². The SMILES string of the molecule is CCCOCc1nc(C)c(CCCNC)c(C)n1. The minimum atomic E-state index is 0.520. The first-order chi connectivity index (χ1) is 8.69. The number of hydrogen-bond donors (Lipinski definition) is 1. The van der Waals surface area contributed by atoms with Crippen LogP contribution in [0.5, 0.6) is 0 Å². The highest BCUT2D eigenvalue weighted by Crippen LogP contribution is 2.13. The van der Waals surface area contributed by atoms with Gasteiger partial charge in [0.25, 0.3) is 0 Å². The Morgan fingerprint density at radius 2 is 1.83 bits per heavy atom. The predicted molar refractivity (Wildman–Crippen MR) is 73.7 cm³/mol. The topological polar surface area (TPSA) is 47.0 Å². The molecule has 0 fully saturated rings. The molecular formula is C14H25N3O. The fourth-order valence-electron chi connectivity index (χ4n) is 1.99. The van der Waals surface area contributed by atoms with E-state index in [1.54, 1.807) is 0 Å². The molecule has 0 radical (unpaired) electrons. The molecule has 102 valence electrons. The number of rotatable bonds is 8. The molecule has 0 aliphatic heterocycles. The Bertz CT molecular complexity index is 343. The largest absolute Gasteiger partial charge is 0.373 e. The number of hydrogen-bond acceptors (Lipinski definition) is 4. The number of aryl methyl sites for hydroxylation is 2. The van der Waals surface area contributed by atoms with Gasteiger partial charge in [0.05, 0.1) is 0 Å². The van der Waals surface area contributed by atoms with Crippen LogP contribution in [0.15, 0.2) is 0 Å². The molecule has 0 aliphatic rings. The summed E-state index contributed by atoms with van der Waals surface area (Å²) in [5, 5.41) is 3.16. The molecule has 0 bridgehead atoms. The molecule has 0 saturated heterocycles. The molecule has 4 heteroatoms.